The van der Waals surface area contributed by atoms with Crippen molar-refractivity contribution in [2.75, 3.05) is 19.4 Å². The molecule has 5 atom stereocenters. The van der Waals surface area contributed by atoms with Crippen LogP contribution in [0, 0.1) is 11.8 Å². The average Bonchev–Trinajstić information content (AvgIpc) is 3.84. The van der Waals surface area contributed by atoms with Crippen LogP contribution in [0.1, 0.15) is 50.2 Å². The molecule has 0 radical (unpaired) electrons. The summed E-state index contributed by atoms with van der Waals surface area (Å²) in [5, 5.41) is 48.1. The molecule has 3 saturated carbocycles. The second kappa shape index (κ2) is 9.65. The zero-order valence-electron chi connectivity index (χ0n) is 23.8. The highest BCUT2D eigenvalue weighted by atomic mass is 16.3. The first kappa shape index (κ1) is 28.4. The predicted octanol–water partition coefficient (Wildman–Crippen LogP) is 0.918. The van der Waals surface area contributed by atoms with Gasteiger partial charge in [0.25, 0.3) is 5.91 Å². The van der Waals surface area contributed by atoms with Crippen LogP contribution in [0.3, 0.4) is 0 Å². The smallest absolute Gasteiger partial charge is 0.255 e. The number of phenols is 1. The maximum Gasteiger partial charge on any atom is 0.255 e. The Morgan fingerprint density at radius 3 is 2.24 bits per heavy atom. The molecule has 7 N–H and O–H groups in total. The molecular formula is C30H36N4O8. The number of rotatable bonds is 7. The van der Waals surface area contributed by atoms with Crippen LogP contribution in [0.25, 0.3) is 5.76 Å². The second-order valence-corrected chi connectivity index (χ2v) is 12.5. The summed E-state index contributed by atoms with van der Waals surface area (Å²) >= 11 is 0. The van der Waals surface area contributed by atoms with Crippen LogP contribution in [-0.2, 0) is 25.6 Å². The maximum absolute atomic E-state index is 14.0. The number of hydrogen-bond acceptors (Lipinski definition) is 10. The van der Waals surface area contributed by atoms with Gasteiger partial charge in [0.1, 0.15) is 22.8 Å². The lowest BCUT2D eigenvalue weighted by Crippen LogP contribution is -2.65. The number of primary amides is 1. The molecule has 0 spiro atoms. The minimum absolute atomic E-state index is 0.0146. The number of Topliss-reactive ketones (excluding diaryl/α,β-unsaturated/α-hetero) is 2. The molecule has 12 nitrogen and oxygen atoms in total. The average molecular weight is 581 g/mol. The summed E-state index contributed by atoms with van der Waals surface area (Å²) in [6.45, 7) is 1.83. The second-order valence-electron chi connectivity index (χ2n) is 12.5. The number of nitrogens with one attached hydrogen (secondary N) is 1. The van der Waals surface area contributed by atoms with Gasteiger partial charge in [-0.25, -0.2) is 0 Å². The zero-order valence-corrected chi connectivity index (χ0v) is 23.8. The first-order valence-electron chi connectivity index (χ1n) is 14.4. The Balaban J connectivity index is 1.38. The van der Waals surface area contributed by atoms with E-state index in [4.69, 9.17) is 5.73 Å². The van der Waals surface area contributed by atoms with Crippen molar-refractivity contribution >= 4 is 34.8 Å². The Morgan fingerprint density at radius 2 is 1.69 bits per heavy atom. The SMILES string of the molecule is CC(C(=O)Nc1ccc2c(c1O)C(O)=C1C(=O)[C@]3(O)C(O)=C(C(N)=O)C(=O)[C@@H](N(C)C)C3CC1C2)N(C1CC1)C1CC1. The number of phenolic OH excluding ortho intramolecular Hbond substituents is 1. The van der Waals surface area contributed by atoms with E-state index in [-0.39, 0.29) is 35.6 Å². The molecule has 6 rings (SSSR count). The van der Waals surface area contributed by atoms with Gasteiger partial charge in [-0.3, -0.25) is 29.0 Å². The quantitative estimate of drug-likeness (QED) is 0.199. The van der Waals surface area contributed by atoms with Crippen LogP contribution >= 0.6 is 0 Å². The molecule has 0 aromatic heterocycles. The summed E-state index contributed by atoms with van der Waals surface area (Å²) in [4.78, 5) is 56.2. The fourth-order valence-electron chi connectivity index (χ4n) is 7.37. The van der Waals surface area contributed by atoms with E-state index in [1.54, 1.807) is 26.2 Å². The maximum atomic E-state index is 14.0. The van der Waals surface area contributed by atoms with Gasteiger partial charge in [0.2, 0.25) is 11.7 Å². The summed E-state index contributed by atoms with van der Waals surface area (Å²) in [6.07, 6.45) is 4.41. The van der Waals surface area contributed by atoms with E-state index in [1.807, 2.05) is 6.92 Å². The normalized spacial score (nSPS) is 29.8. The third kappa shape index (κ3) is 4.07. The number of carbonyl (C=O) groups excluding carboxylic acids is 4. The zero-order chi connectivity index (χ0) is 30.4. The van der Waals surface area contributed by atoms with E-state index in [0.29, 0.717) is 17.6 Å². The number of nitrogens with zero attached hydrogens (tertiary/aromatic N) is 2. The lowest BCUT2D eigenvalue weighted by Gasteiger charge is -2.50. The molecule has 5 aliphatic carbocycles. The third-order valence-electron chi connectivity index (χ3n) is 9.61. The number of carbonyl (C=O) groups is 4. The monoisotopic (exact) mass is 580 g/mol. The number of aromatic hydroxyl groups is 1. The number of aliphatic hydroxyl groups is 3. The van der Waals surface area contributed by atoms with Crippen molar-refractivity contribution < 1.29 is 39.6 Å². The first-order chi connectivity index (χ1) is 19.8. The van der Waals surface area contributed by atoms with Gasteiger partial charge in [0.15, 0.2) is 11.4 Å². The van der Waals surface area contributed by atoms with Crippen LogP contribution in [0.15, 0.2) is 29.0 Å². The molecule has 0 bridgehead atoms. The number of likely N-dealkylation sites (N-methyl/N-ethyl adjacent to an activating group) is 1. The minimum atomic E-state index is -2.70. The van der Waals surface area contributed by atoms with E-state index in [9.17, 15) is 39.6 Å². The number of fused-ring (bicyclic) bond motifs is 3. The highest BCUT2D eigenvalue weighted by Gasteiger charge is 2.64. The van der Waals surface area contributed by atoms with Crippen molar-refractivity contribution in [1.82, 2.24) is 9.80 Å². The number of nitrogens with two attached hydrogens (primary N) is 1. The Kier molecular flexibility index (Phi) is 6.52. The molecule has 5 aliphatic rings. The van der Waals surface area contributed by atoms with E-state index in [1.165, 1.54) is 4.90 Å². The van der Waals surface area contributed by atoms with Gasteiger partial charge >= 0.3 is 0 Å². The molecule has 0 heterocycles. The largest absolute Gasteiger partial charge is 0.508 e. The Morgan fingerprint density at radius 1 is 1.07 bits per heavy atom. The molecule has 42 heavy (non-hydrogen) atoms. The number of ketones is 2. The molecule has 3 unspecified atom stereocenters. The summed E-state index contributed by atoms with van der Waals surface area (Å²) in [5.74, 6) is -7.39. The fourth-order valence-corrected chi connectivity index (χ4v) is 7.37. The summed E-state index contributed by atoms with van der Waals surface area (Å²) < 4.78 is 0. The lowest BCUT2D eigenvalue weighted by atomic mass is 9.57. The van der Waals surface area contributed by atoms with Crippen molar-refractivity contribution in [2.45, 2.75) is 75.2 Å². The predicted molar refractivity (Wildman–Crippen MR) is 150 cm³/mol. The van der Waals surface area contributed by atoms with Crippen LogP contribution in [0.5, 0.6) is 5.75 Å². The molecular weight excluding hydrogens is 544 g/mol. The van der Waals surface area contributed by atoms with Crippen LogP contribution in [0.4, 0.5) is 5.69 Å². The molecule has 224 valence electrons. The lowest BCUT2D eigenvalue weighted by molar-refractivity contribution is -0.153. The number of aliphatic hydroxyl groups excluding tert-OH is 2. The summed E-state index contributed by atoms with van der Waals surface area (Å²) in [6, 6.07) is 2.42. The van der Waals surface area contributed by atoms with Gasteiger partial charge in [0, 0.05) is 23.6 Å². The first-order valence-corrected chi connectivity index (χ1v) is 14.4. The molecule has 12 heteroatoms. The van der Waals surface area contributed by atoms with Gasteiger partial charge in [0.05, 0.1) is 23.3 Å². The van der Waals surface area contributed by atoms with Crippen molar-refractivity contribution in [2.24, 2.45) is 17.6 Å². The highest BCUT2D eigenvalue weighted by molar-refractivity contribution is 6.24. The molecule has 0 saturated heterocycles. The molecule has 1 aromatic carbocycles. The van der Waals surface area contributed by atoms with E-state index < -0.39 is 69.8 Å². The topological polar surface area (TPSA) is 194 Å². The van der Waals surface area contributed by atoms with E-state index in [2.05, 4.69) is 10.2 Å². The molecule has 2 amide bonds. The Labute approximate surface area is 242 Å². The third-order valence-corrected chi connectivity index (χ3v) is 9.61. The van der Waals surface area contributed by atoms with Crippen molar-refractivity contribution in [3.8, 4) is 5.75 Å². The van der Waals surface area contributed by atoms with Crippen LogP contribution < -0.4 is 11.1 Å². The van der Waals surface area contributed by atoms with Crippen LogP contribution in [-0.4, -0.2) is 97.5 Å². The van der Waals surface area contributed by atoms with E-state index >= 15 is 0 Å². The number of benzene rings is 1. The van der Waals surface area contributed by atoms with Crippen molar-refractivity contribution in [3.63, 3.8) is 0 Å². The fraction of sp³-hybridized carbons (Fsp3) is 0.533. The van der Waals surface area contributed by atoms with Gasteiger partial charge < -0.3 is 31.5 Å². The molecule has 3 fully saturated rings. The molecule has 1 aromatic rings. The van der Waals surface area contributed by atoms with E-state index in [0.717, 1.165) is 25.7 Å². The van der Waals surface area contributed by atoms with Crippen molar-refractivity contribution in [3.05, 3.63) is 40.2 Å². The van der Waals surface area contributed by atoms with Gasteiger partial charge in [-0.1, -0.05) is 6.07 Å². The number of hydrogen-bond donors (Lipinski definition) is 6. The number of amides is 2. The van der Waals surface area contributed by atoms with Gasteiger partial charge in [-0.05, 0) is 77.1 Å². The number of anilines is 1. The Bertz CT molecular complexity index is 1480. The van der Waals surface area contributed by atoms with Gasteiger partial charge in [-0.2, -0.15) is 0 Å². The summed E-state index contributed by atoms with van der Waals surface area (Å²) in [7, 11) is 3.10. The Hall–Kier alpha value is -3.74. The van der Waals surface area contributed by atoms with Crippen LogP contribution in [0.2, 0.25) is 0 Å². The highest BCUT2D eigenvalue weighted by Crippen LogP contribution is 2.53. The minimum Gasteiger partial charge on any atom is -0.508 e. The van der Waals surface area contributed by atoms with Gasteiger partial charge in [-0.15, -0.1) is 0 Å². The standard InChI is InChI=1S/C30H36N4O8/c1-12(34(15-5-6-15)16-7-8-16)29(41)32-18-9-4-13-10-14-11-17-22(33(2)3)25(37)21(28(31)40)27(39)30(17,42)26(38)20(14)24(36)19(13)23(18)35/h4,9,12,14-17,22,35-36,39,42H,5-8,10-11H2,1-3H3,(H2,31,40)(H,32,41)/t12?,14?,17?,22-,30-/m0/s1. The van der Waals surface area contributed by atoms with Crippen molar-refractivity contribution in [1.29, 1.82) is 0 Å². The molecule has 0 aliphatic heterocycles. The summed E-state index contributed by atoms with van der Waals surface area (Å²) in [5.41, 5.74) is 2.10.